The van der Waals surface area contributed by atoms with Gasteiger partial charge in [0.1, 0.15) is 16.7 Å². The van der Waals surface area contributed by atoms with Crippen LogP contribution in [0.1, 0.15) is 60.3 Å². The molecule has 10 atom stereocenters. The predicted molar refractivity (Wildman–Crippen MR) is 114 cm³/mol. The van der Waals surface area contributed by atoms with Crippen LogP contribution < -0.4 is 10.6 Å². The number of rotatable bonds is 2. The summed E-state index contributed by atoms with van der Waals surface area (Å²) in [4.78, 5) is 27.4. The van der Waals surface area contributed by atoms with Crippen LogP contribution in [0.15, 0.2) is 11.6 Å². The number of fused-ring (bicyclic) bond motifs is 2. The number of piperidine rings is 1. The molecule has 3 saturated heterocycles. The second-order valence-corrected chi connectivity index (χ2v) is 11.7. The lowest BCUT2D eigenvalue weighted by Gasteiger charge is -2.65. The van der Waals surface area contributed by atoms with Gasteiger partial charge in [-0.25, -0.2) is 0 Å². The standard InChI is InChI=1S/C24H36N2O5/c1-11(2)8-15-18-13(4)12(3)9-14-19-21(5,30)7-6-16(27)24(19)17(28)10-22(31,26-24)23(14,18)20(29)25-15/h9,11,13-16,18-19,26-27,30-31H,6-8,10H2,1-5H3,(H,25,29). The molecule has 5 N–H and O–H groups in total. The van der Waals surface area contributed by atoms with E-state index in [4.69, 9.17) is 0 Å². The average molecular weight is 433 g/mol. The topological polar surface area (TPSA) is 119 Å². The maximum atomic E-state index is 13.9. The first-order valence-electron chi connectivity index (χ1n) is 11.8. The number of nitrogens with one attached hydrogen (secondary N) is 2. The van der Waals surface area contributed by atoms with Crippen molar-refractivity contribution in [3.8, 4) is 0 Å². The van der Waals surface area contributed by atoms with Crippen LogP contribution in [0.3, 0.4) is 0 Å². The molecule has 0 aromatic rings. The Morgan fingerprint density at radius 3 is 2.58 bits per heavy atom. The van der Waals surface area contributed by atoms with Gasteiger partial charge in [-0.15, -0.1) is 0 Å². The molecule has 0 aromatic carbocycles. The van der Waals surface area contributed by atoms with E-state index in [1.54, 1.807) is 6.92 Å². The Hall–Kier alpha value is -1.28. The van der Waals surface area contributed by atoms with Gasteiger partial charge in [0, 0.05) is 23.8 Å². The smallest absolute Gasteiger partial charge is 0.231 e. The molecule has 1 amide bonds. The van der Waals surface area contributed by atoms with Crippen molar-refractivity contribution in [2.75, 3.05) is 0 Å². The molecule has 31 heavy (non-hydrogen) atoms. The van der Waals surface area contributed by atoms with Gasteiger partial charge in [0.25, 0.3) is 0 Å². The molecule has 7 heteroatoms. The van der Waals surface area contributed by atoms with Gasteiger partial charge in [0.2, 0.25) is 5.91 Å². The largest absolute Gasteiger partial charge is 0.391 e. The lowest BCUT2D eigenvalue weighted by Crippen LogP contribution is -2.82. The van der Waals surface area contributed by atoms with Crippen molar-refractivity contribution in [2.24, 2.45) is 35.0 Å². The van der Waals surface area contributed by atoms with E-state index in [1.807, 2.05) is 13.0 Å². The summed E-state index contributed by atoms with van der Waals surface area (Å²) in [5.41, 5.74) is -4.62. The third-order valence-electron chi connectivity index (χ3n) is 9.55. The summed E-state index contributed by atoms with van der Waals surface area (Å²) in [5.74, 6) is -1.61. The quantitative estimate of drug-likeness (QED) is 0.413. The Morgan fingerprint density at radius 2 is 1.94 bits per heavy atom. The number of Topliss-reactive ketones (excluding diaryl/α,β-unsaturated/α-hetero) is 1. The summed E-state index contributed by atoms with van der Waals surface area (Å²) < 4.78 is 0. The molecular weight excluding hydrogens is 396 g/mol. The van der Waals surface area contributed by atoms with Gasteiger partial charge in [-0.2, -0.15) is 0 Å². The third-order valence-corrected chi connectivity index (χ3v) is 9.55. The summed E-state index contributed by atoms with van der Waals surface area (Å²) in [7, 11) is 0. The monoisotopic (exact) mass is 432 g/mol. The Morgan fingerprint density at radius 1 is 1.26 bits per heavy atom. The van der Waals surface area contributed by atoms with Crippen molar-refractivity contribution in [3.05, 3.63) is 11.6 Å². The van der Waals surface area contributed by atoms with Crippen molar-refractivity contribution >= 4 is 11.7 Å². The Balaban J connectivity index is 1.79. The molecule has 3 aliphatic heterocycles. The number of hydrogen-bond acceptors (Lipinski definition) is 6. The van der Waals surface area contributed by atoms with Crippen LogP contribution in [-0.4, -0.2) is 56.0 Å². The van der Waals surface area contributed by atoms with Crippen molar-refractivity contribution in [1.29, 1.82) is 0 Å². The van der Waals surface area contributed by atoms with Crippen LogP contribution in [0.4, 0.5) is 0 Å². The van der Waals surface area contributed by atoms with Gasteiger partial charge in [-0.3, -0.25) is 14.9 Å². The van der Waals surface area contributed by atoms with Gasteiger partial charge in [0.05, 0.1) is 18.1 Å². The Bertz CT molecular complexity index is 883. The summed E-state index contributed by atoms with van der Waals surface area (Å²) in [6, 6.07) is -0.124. The number of hydrogen-bond donors (Lipinski definition) is 5. The normalized spacial score (nSPS) is 55.5. The van der Waals surface area contributed by atoms with E-state index in [2.05, 4.69) is 31.4 Å². The van der Waals surface area contributed by atoms with Crippen LogP contribution in [0, 0.1) is 35.0 Å². The van der Waals surface area contributed by atoms with E-state index in [-0.39, 0.29) is 42.4 Å². The molecule has 10 unspecified atom stereocenters. The molecule has 172 valence electrons. The summed E-state index contributed by atoms with van der Waals surface area (Å²) in [6.07, 6.45) is 2.16. The maximum absolute atomic E-state index is 13.9. The first-order valence-corrected chi connectivity index (χ1v) is 11.8. The van der Waals surface area contributed by atoms with Crippen molar-refractivity contribution in [1.82, 2.24) is 10.6 Å². The lowest BCUT2D eigenvalue weighted by atomic mass is 9.44. The van der Waals surface area contributed by atoms with Crippen LogP contribution in [-0.2, 0) is 9.59 Å². The minimum absolute atomic E-state index is 0.0337. The first kappa shape index (κ1) is 21.6. The van der Waals surface area contributed by atoms with Crippen LogP contribution in [0.2, 0.25) is 0 Å². The first-order chi connectivity index (χ1) is 14.3. The number of aliphatic hydroxyl groups is 3. The van der Waals surface area contributed by atoms with E-state index in [0.717, 1.165) is 12.0 Å². The Kier molecular flexibility index (Phi) is 4.30. The molecule has 3 heterocycles. The second-order valence-electron chi connectivity index (χ2n) is 11.7. The second kappa shape index (κ2) is 6.19. The van der Waals surface area contributed by atoms with E-state index in [0.29, 0.717) is 12.3 Å². The van der Waals surface area contributed by atoms with Gasteiger partial charge in [-0.05, 0) is 44.9 Å². The molecule has 2 spiro atoms. The number of carbonyl (C=O) groups excluding carboxylic acids is 2. The zero-order valence-corrected chi connectivity index (χ0v) is 19.1. The average Bonchev–Trinajstić information content (AvgIpc) is 3.06. The Labute approximate surface area is 183 Å². The van der Waals surface area contributed by atoms with E-state index in [9.17, 15) is 24.9 Å². The highest BCUT2D eigenvalue weighted by molar-refractivity contribution is 5.98. The molecule has 1 saturated carbocycles. The minimum atomic E-state index is -1.76. The highest BCUT2D eigenvalue weighted by Gasteiger charge is 2.84. The molecule has 0 aromatic heterocycles. The molecular formula is C24H36N2O5. The molecule has 5 aliphatic rings. The van der Waals surface area contributed by atoms with E-state index in [1.165, 1.54) is 0 Å². The molecule has 2 bridgehead atoms. The summed E-state index contributed by atoms with van der Waals surface area (Å²) >= 11 is 0. The van der Waals surface area contributed by atoms with Gasteiger partial charge in [0.15, 0.2) is 5.78 Å². The number of ketones is 1. The van der Waals surface area contributed by atoms with Crippen molar-refractivity contribution in [2.45, 2.75) is 89.3 Å². The number of carbonyl (C=O) groups is 2. The van der Waals surface area contributed by atoms with Gasteiger partial charge >= 0.3 is 0 Å². The SMILES string of the molecule is CC1=CC2C3C(C)(O)CCC(O)C34NC(O)(CC4=O)C23C(=O)NC(CC(C)C)C3C1C. The van der Waals surface area contributed by atoms with Crippen LogP contribution in [0.25, 0.3) is 0 Å². The van der Waals surface area contributed by atoms with Crippen LogP contribution in [0.5, 0.6) is 0 Å². The zero-order chi connectivity index (χ0) is 22.7. The molecule has 7 nitrogen and oxygen atoms in total. The minimum Gasteiger partial charge on any atom is -0.391 e. The number of allylic oxidation sites excluding steroid dienone is 2. The van der Waals surface area contributed by atoms with E-state index < -0.39 is 40.2 Å². The summed E-state index contributed by atoms with van der Waals surface area (Å²) in [6.45, 7) is 10.1. The van der Waals surface area contributed by atoms with Crippen LogP contribution >= 0.6 is 0 Å². The van der Waals surface area contributed by atoms with Gasteiger partial charge in [-0.1, -0.05) is 32.4 Å². The maximum Gasteiger partial charge on any atom is 0.231 e. The van der Waals surface area contributed by atoms with Gasteiger partial charge < -0.3 is 20.6 Å². The fourth-order valence-electron chi connectivity index (χ4n) is 8.41. The highest BCUT2D eigenvalue weighted by Crippen LogP contribution is 2.69. The van der Waals surface area contributed by atoms with E-state index >= 15 is 0 Å². The third kappa shape index (κ3) is 2.29. The molecule has 0 radical (unpaired) electrons. The molecule has 2 aliphatic carbocycles. The fourth-order valence-corrected chi connectivity index (χ4v) is 8.41. The predicted octanol–water partition coefficient (Wildman–Crippen LogP) is 0.871. The highest BCUT2D eigenvalue weighted by atomic mass is 16.3. The number of amides is 1. The zero-order valence-electron chi connectivity index (χ0n) is 19.1. The van der Waals surface area contributed by atoms with Crippen molar-refractivity contribution < 1.29 is 24.9 Å². The number of aliphatic hydroxyl groups excluding tert-OH is 1. The fraction of sp³-hybridized carbons (Fsp3) is 0.833. The lowest BCUT2D eigenvalue weighted by molar-refractivity contribution is -0.242. The summed E-state index contributed by atoms with van der Waals surface area (Å²) in [5, 5.41) is 41.0. The van der Waals surface area contributed by atoms with Crippen molar-refractivity contribution in [3.63, 3.8) is 0 Å². The molecule has 5 rings (SSSR count). The molecule has 4 fully saturated rings.